The summed E-state index contributed by atoms with van der Waals surface area (Å²) in [5, 5.41) is 12.2. The molecule has 0 spiro atoms. The predicted molar refractivity (Wildman–Crippen MR) is 110 cm³/mol. The fourth-order valence-electron chi connectivity index (χ4n) is 3.56. The van der Waals surface area contributed by atoms with Gasteiger partial charge in [0.1, 0.15) is 28.7 Å². The van der Waals surface area contributed by atoms with Crippen molar-refractivity contribution in [2.45, 2.75) is 65.5 Å². The summed E-state index contributed by atoms with van der Waals surface area (Å²) >= 11 is 0. The smallest absolute Gasteiger partial charge is 0.339 e. The number of aliphatic carboxylic acids is 1. The number of carboxylic acids is 1. The van der Waals surface area contributed by atoms with E-state index in [2.05, 4.69) is 5.32 Å². The van der Waals surface area contributed by atoms with Gasteiger partial charge in [-0.25, -0.2) is 9.59 Å². The molecule has 0 saturated carbocycles. The van der Waals surface area contributed by atoms with Crippen molar-refractivity contribution in [3.05, 3.63) is 33.2 Å². The maximum Gasteiger partial charge on any atom is 0.339 e. The standard InChI is InChI=1S/C22H27NO7/c1-6-14(20(25)26)23-17(24)10-28-16-9-15-13(7-8-22(4,5)30-15)19-18(16)11(2)12(3)21(27)29-19/h9,14H,6-8,10H2,1-5H3,(H,23,24)(H,25,26)/t14-/m1/s1. The van der Waals surface area contributed by atoms with Gasteiger partial charge in [0.25, 0.3) is 5.91 Å². The molecule has 1 aromatic carbocycles. The number of rotatable bonds is 6. The van der Waals surface area contributed by atoms with Crippen molar-refractivity contribution in [2.24, 2.45) is 0 Å². The minimum absolute atomic E-state index is 0.259. The number of ether oxygens (including phenoxy) is 2. The van der Waals surface area contributed by atoms with Crippen molar-refractivity contribution in [2.75, 3.05) is 6.61 Å². The Kier molecular flexibility index (Phi) is 5.78. The van der Waals surface area contributed by atoms with Crippen LogP contribution in [0.1, 0.15) is 50.3 Å². The number of nitrogens with one attached hydrogen (secondary N) is 1. The van der Waals surface area contributed by atoms with E-state index in [-0.39, 0.29) is 18.6 Å². The lowest BCUT2D eigenvalue weighted by atomic mass is 9.92. The number of carbonyl (C=O) groups excluding carboxylic acids is 1. The molecule has 30 heavy (non-hydrogen) atoms. The minimum Gasteiger partial charge on any atom is -0.487 e. The number of hydrogen-bond donors (Lipinski definition) is 2. The molecule has 0 bridgehead atoms. The normalized spacial score (nSPS) is 15.8. The Balaban J connectivity index is 2.01. The molecule has 1 aliphatic heterocycles. The van der Waals surface area contributed by atoms with E-state index < -0.39 is 23.5 Å². The average Bonchev–Trinajstić information content (AvgIpc) is 2.67. The molecule has 2 N–H and O–H groups in total. The Bertz CT molecular complexity index is 1070. The van der Waals surface area contributed by atoms with Crippen LogP contribution < -0.4 is 20.4 Å². The molecule has 0 aliphatic carbocycles. The first-order valence-electron chi connectivity index (χ1n) is 9.98. The molecular formula is C22H27NO7. The summed E-state index contributed by atoms with van der Waals surface area (Å²) in [6.07, 6.45) is 1.71. The van der Waals surface area contributed by atoms with Crippen LogP contribution in [0.3, 0.4) is 0 Å². The second-order valence-corrected chi connectivity index (χ2v) is 8.21. The van der Waals surface area contributed by atoms with Crippen LogP contribution in [0.5, 0.6) is 11.5 Å². The number of amides is 1. The Hall–Kier alpha value is -3.03. The second-order valence-electron chi connectivity index (χ2n) is 8.21. The molecule has 0 saturated heterocycles. The van der Waals surface area contributed by atoms with Gasteiger partial charge in [0.15, 0.2) is 6.61 Å². The highest BCUT2D eigenvalue weighted by Gasteiger charge is 2.31. The molecule has 1 atom stereocenters. The van der Waals surface area contributed by atoms with Gasteiger partial charge >= 0.3 is 11.6 Å². The van der Waals surface area contributed by atoms with E-state index in [1.54, 1.807) is 26.8 Å². The first-order chi connectivity index (χ1) is 14.0. The summed E-state index contributed by atoms with van der Waals surface area (Å²) in [6.45, 7) is 8.72. The summed E-state index contributed by atoms with van der Waals surface area (Å²) in [5.74, 6) is -0.751. The fraction of sp³-hybridized carbons (Fsp3) is 0.500. The zero-order chi connectivity index (χ0) is 22.2. The highest BCUT2D eigenvalue weighted by Crippen LogP contribution is 2.43. The van der Waals surface area contributed by atoms with Gasteiger partial charge in [-0.1, -0.05) is 6.92 Å². The van der Waals surface area contributed by atoms with E-state index in [4.69, 9.17) is 19.0 Å². The number of carboxylic acid groups (broad SMARTS) is 1. The quantitative estimate of drug-likeness (QED) is 0.695. The molecule has 0 unspecified atom stereocenters. The van der Waals surface area contributed by atoms with Crippen LogP contribution in [0.15, 0.2) is 15.3 Å². The summed E-state index contributed by atoms with van der Waals surface area (Å²) in [6, 6.07) is 0.736. The van der Waals surface area contributed by atoms with E-state index in [9.17, 15) is 14.4 Å². The third-order valence-corrected chi connectivity index (χ3v) is 5.51. The first-order valence-corrected chi connectivity index (χ1v) is 9.98. The zero-order valence-corrected chi connectivity index (χ0v) is 17.9. The van der Waals surface area contributed by atoms with Gasteiger partial charge in [0, 0.05) is 17.2 Å². The minimum atomic E-state index is -1.10. The lowest BCUT2D eigenvalue weighted by molar-refractivity contribution is -0.142. The van der Waals surface area contributed by atoms with Crippen LogP contribution in [-0.4, -0.2) is 35.2 Å². The fourth-order valence-corrected chi connectivity index (χ4v) is 3.56. The van der Waals surface area contributed by atoms with E-state index in [0.29, 0.717) is 40.0 Å². The second kappa shape index (κ2) is 8.01. The molecule has 1 aromatic heterocycles. The Morgan fingerprint density at radius 1 is 1.30 bits per heavy atom. The molecule has 1 aliphatic rings. The van der Waals surface area contributed by atoms with Crippen molar-refractivity contribution < 1.29 is 28.6 Å². The van der Waals surface area contributed by atoms with Crippen LogP contribution in [0.2, 0.25) is 0 Å². The van der Waals surface area contributed by atoms with Gasteiger partial charge in [-0.2, -0.15) is 0 Å². The Morgan fingerprint density at radius 3 is 2.63 bits per heavy atom. The monoisotopic (exact) mass is 417 g/mol. The van der Waals surface area contributed by atoms with Gasteiger partial charge in [-0.15, -0.1) is 0 Å². The molecule has 3 rings (SSSR count). The van der Waals surface area contributed by atoms with Crippen LogP contribution in [-0.2, 0) is 16.0 Å². The molecule has 0 fully saturated rings. The summed E-state index contributed by atoms with van der Waals surface area (Å²) in [7, 11) is 0. The lowest BCUT2D eigenvalue weighted by Gasteiger charge is -2.33. The van der Waals surface area contributed by atoms with Gasteiger partial charge in [0.05, 0.1) is 5.39 Å². The van der Waals surface area contributed by atoms with Crippen molar-refractivity contribution in [1.29, 1.82) is 0 Å². The van der Waals surface area contributed by atoms with Gasteiger partial charge in [-0.05, 0) is 52.5 Å². The van der Waals surface area contributed by atoms with Gasteiger partial charge in [0.2, 0.25) is 0 Å². The van der Waals surface area contributed by atoms with Crippen LogP contribution in [0, 0.1) is 13.8 Å². The Morgan fingerprint density at radius 2 is 2.00 bits per heavy atom. The SMILES string of the molecule is CC[C@@H](NC(=O)COc1cc2c(c3oc(=O)c(C)c(C)c13)CCC(C)(C)O2)C(=O)O. The van der Waals surface area contributed by atoms with Crippen molar-refractivity contribution >= 4 is 22.8 Å². The van der Waals surface area contributed by atoms with E-state index in [0.717, 1.165) is 12.0 Å². The van der Waals surface area contributed by atoms with Crippen LogP contribution >= 0.6 is 0 Å². The van der Waals surface area contributed by atoms with Crippen LogP contribution in [0.25, 0.3) is 11.0 Å². The number of aryl methyl sites for hydroxylation is 2. The van der Waals surface area contributed by atoms with Crippen molar-refractivity contribution in [3.63, 3.8) is 0 Å². The number of fused-ring (bicyclic) bond motifs is 3. The van der Waals surface area contributed by atoms with Gasteiger partial charge in [-0.3, -0.25) is 4.79 Å². The maximum absolute atomic E-state index is 12.3. The number of hydrogen-bond acceptors (Lipinski definition) is 6. The topological polar surface area (TPSA) is 115 Å². The van der Waals surface area contributed by atoms with Gasteiger partial charge < -0.3 is 24.3 Å². The largest absolute Gasteiger partial charge is 0.487 e. The molecule has 8 heteroatoms. The van der Waals surface area contributed by atoms with Crippen molar-refractivity contribution in [1.82, 2.24) is 5.32 Å². The molecule has 162 valence electrons. The van der Waals surface area contributed by atoms with E-state index in [1.165, 1.54) is 0 Å². The zero-order valence-electron chi connectivity index (χ0n) is 17.9. The van der Waals surface area contributed by atoms with Crippen LogP contribution in [0.4, 0.5) is 0 Å². The highest BCUT2D eigenvalue weighted by molar-refractivity contribution is 5.92. The number of benzene rings is 1. The van der Waals surface area contributed by atoms with Crippen molar-refractivity contribution in [3.8, 4) is 11.5 Å². The number of carbonyl (C=O) groups is 2. The molecule has 1 amide bonds. The molecule has 2 heterocycles. The molecular weight excluding hydrogens is 390 g/mol. The average molecular weight is 417 g/mol. The summed E-state index contributed by atoms with van der Waals surface area (Å²) in [5.41, 5.74) is 1.58. The molecule has 2 aromatic rings. The summed E-state index contributed by atoms with van der Waals surface area (Å²) < 4.78 is 17.5. The summed E-state index contributed by atoms with van der Waals surface area (Å²) in [4.78, 5) is 35.7. The Labute approximate surface area is 174 Å². The highest BCUT2D eigenvalue weighted by atomic mass is 16.5. The van der Waals surface area contributed by atoms with E-state index >= 15 is 0 Å². The molecule has 8 nitrogen and oxygen atoms in total. The maximum atomic E-state index is 12.3. The lowest BCUT2D eigenvalue weighted by Crippen LogP contribution is -2.42. The third-order valence-electron chi connectivity index (χ3n) is 5.51. The first kappa shape index (κ1) is 21.7. The van der Waals surface area contributed by atoms with E-state index in [1.807, 2.05) is 13.8 Å². The third kappa shape index (κ3) is 4.13. The predicted octanol–water partition coefficient (Wildman–Crippen LogP) is 2.87. The molecule has 0 radical (unpaired) electrons.